The van der Waals surface area contributed by atoms with Gasteiger partial charge in [-0.05, 0) is 19.1 Å². The summed E-state index contributed by atoms with van der Waals surface area (Å²) in [4.78, 5) is 49.5. The molecule has 1 aromatic heterocycles. The van der Waals surface area contributed by atoms with E-state index < -0.39 is 34.7 Å². The van der Waals surface area contributed by atoms with Gasteiger partial charge in [0, 0.05) is 56.5 Å². The Balaban J connectivity index is 1.91. The van der Waals surface area contributed by atoms with Crippen LogP contribution in [-0.4, -0.2) is 63.7 Å². The average Bonchev–Trinajstić information content (AvgIpc) is 2.72. The second kappa shape index (κ2) is 8.36. The molecule has 1 aliphatic heterocycles. The number of anilines is 1. The summed E-state index contributed by atoms with van der Waals surface area (Å²) in [7, 11) is 0. The number of benzene rings is 1. The highest BCUT2D eigenvalue weighted by Crippen LogP contribution is 2.26. The zero-order valence-electron chi connectivity index (χ0n) is 16.2. The van der Waals surface area contributed by atoms with E-state index in [1.54, 1.807) is 16.4 Å². The number of aromatic nitrogens is 1. The van der Waals surface area contributed by atoms with E-state index in [-0.39, 0.29) is 24.2 Å². The largest absolute Gasteiger partial charge is 0.478 e. The number of piperazine rings is 1. The Labute approximate surface area is 170 Å². The molecule has 2 aromatic rings. The molecule has 1 saturated heterocycles. The molecule has 0 aliphatic carbocycles. The molecular formula is C20H20FN3O6. The number of rotatable bonds is 5. The van der Waals surface area contributed by atoms with E-state index in [4.69, 9.17) is 5.11 Å². The van der Waals surface area contributed by atoms with Gasteiger partial charge in [0.1, 0.15) is 11.4 Å². The third-order valence-electron chi connectivity index (χ3n) is 5.02. The number of aryl methyl sites for hydroxylation is 1. The van der Waals surface area contributed by atoms with Gasteiger partial charge in [-0.3, -0.25) is 9.59 Å². The van der Waals surface area contributed by atoms with Gasteiger partial charge in [0.2, 0.25) is 11.3 Å². The number of aromatic carboxylic acids is 1. The van der Waals surface area contributed by atoms with Crippen LogP contribution in [0.15, 0.2) is 35.3 Å². The molecule has 0 bridgehead atoms. The molecule has 0 saturated carbocycles. The Hall–Kier alpha value is -3.69. The van der Waals surface area contributed by atoms with Crippen molar-refractivity contribution in [3.05, 3.63) is 52.1 Å². The number of pyridine rings is 1. The SMILES string of the molecule is CCn1cc(C(=O)O)c(=O)c2cc(F)c(N3CCN(C(=O)C=CC(=O)O)CC3)cc21. The fourth-order valence-corrected chi connectivity index (χ4v) is 3.47. The third-order valence-corrected chi connectivity index (χ3v) is 5.02. The van der Waals surface area contributed by atoms with Gasteiger partial charge in [-0.2, -0.15) is 0 Å². The molecular weight excluding hydrogens is 397 g/mol. The molecule has 1 aliphatic rings. The molecule has 2 N–H and O–H groups in total. The summed E-state index contributed by atoms with van der Waals surface area (Å²) in [5.41, 5.74) is -0.488. The molecule has 1 amide bonds. The van der Waals surface area contributed by atoms with Crippen LogP contribution < -0.4 is 10.3 Å². The maximum atomic E-state index is 14.8. The van der Waals surface area contributed by atoms with Crippen molar-refractivity contribution in [3.8, 4) is 0 Å². The van der Waals surface area contributed by atoms with E-state index in [1.807, 2.05) is 0 Å². The van der Waals surface area contributed by atoms with Crippen LogP contribution in [0.2, 0.25) is 0 Å². The second-order valence-electron chi connectivity index (χ2n) is 6.77. The van der Waals surface area contributed by atoms with Crippen LogP contribution in [0.5, 0.6) is 0 Å². The Kier molecular flexibility index (Phi) is 5.86. The summed E-state index contributed by atoms with van der Waals surface area (Å²) in [6, 6.07) is 2.57. The van der Waals surface area contributed by atoms with Crippen molar-refractivity contribution >= 4 is 34.4 Å². The first-order valence-corrected chi connectivity index (χ1v) is 9.27. The lowest BCUT2D eigenvalue weighted by Crippen LogP contribution is -2.48. The summed E-state index contributed by atoms with van der Waals surface area (Å²) < 4.78 is 16.4. The van der Waals surface area contributed by atoms with Crippen molar-refractivity contribution in [1.82, 2.24) is 9.47 Å². The van der Waals surface area contributed by atoms with Gasteiger partial charge < -0.3 is 24.6 Å². The monoisotopic (exact) mass is 417 g/mol. The predicted molar refractivity (Wildman–Crippen MR) is 106 cm³/mol. The fourth-order valence-electron chi connectivity index (χ4n) is 3.47. The lowest BCUT2D eigenvalue weighted by molar-refractivity contribution is -0.132. The number of hydrogen-bond acceptors (Lipinski definition) is 5. The van der Waals surface area contributed by atoms with Gasteiger partial charge >= 0.3 is 11.9 Å². The number of carboxylic acids is 2. The highest BCUT2D eigenvalue weighted by molar-refractivity contribution is 5.94. The van der Waals surface area contributed by atoms with Crippen molar-refractivity contribution < 1.29 is 29.0 Å². The van der Waals surface area contributed by atoms with Crippen molar-refractivity contribution in [3.63, 3.8) is 0 Å². The Bertz CT molecular complexity index is 1120. The summed E-state index contributed by atoms with van der Waals surface area (Å²) in [5, 5.41) is 17.8. The molecule has 0 unspecified atom stereocenters. The molecule has 9 nitrogen and oxygen atoms in total. The lowest BCUT2D eigenvalue weighted by atomic mass is 10.1. The van der Waals surface area contributed by atoms with Crippen molar-refractivity contribution in [2.24, 2.45) is 0 Å². The van der Waals surface area contributed by atoms with Crippen LogP contribution in [0, 0.1) is 5.82 Å². The van der Waals surface area contributed by atoms with Crippen molar-refractivity contribution in [2.75, 3.05) is 31.1 Å². The van der Waals surface area contributed by atoms with Gasteiger partial charge in [0.15, 0.2) is 0 Å². The Morgan fingerprint density at radius 3 is 2.33 bits per heavy atom. The number of carbonyl (C=O) groups excluding carboxylic acids is 1. The van der Waals surface area contributed by atoms with Gasteiger partial charge in [0.25, 0.3) is 0 Å². The molecule has 1 fully saturated rings. The molecule has 0 atom stereocenters. The highest BCUT2D eigenvalue weighted by Gasteiger charge is 2.24. The van der Waals surface area contributed by atoms with Gasteiger partial charge in [-0.1, -0.05) is 0 Å². The standard InChI is InChI=1S/C20H20FN3O6/c1-2-22-11-13(20(29)30)19(28)12-9-14(21)16(10-15(12)22)23-5-7-24(8-6-23)17(25)3-4-18(26)27/h3-4,9-11H,2,5-8H2,1H3,(H,26,27)(H,29,30). The summed E-state index contributed by atoms with van der Waals surface area (Å²) in [5.74, 6) is -3.67. The lowest BCUT2D eigenvalue weighted by Gasteiger charge is -2.36. The minimum atomic E-state index is -1.37. The van der Waals surface area contributed by atoms with Crippen LogP contribution in [-0.2, 0) is 16.1 Å². The number of halogens is 1. The van der Waals surface area contributed by atoms with Crippen LogP contribution in [0.3, 0.4) is 0 Å². The summed E-state index contributed by atoms with van der Waals surface area (Å²) in [6.07, 6.45) is 3.00. The van der Waals surface area contributed by atoms with E-state index in [9.17, 15) is 28.7 Å². The van der Waals surface area contributed by atoms with Gasteiger partial charge in [-0.25, -0.2) is 14.0 Å². The first-order chi connectivity index (χ1) is 14.2. The topological polar surface area (TPSA) is 120 Å². The predicted octanol–water partition coefficient (Wildman–Crippen LogP) is 1.15. The Morgan fingerprint density at radius 2 is 1.77 bits per heavy atom. The fraction of sp³-hybridized carbons (Fsp3) is 0.300. The van der Waals surface area contributed by atoms with Gasteiger partial charge in [-0.15, -0.1) is 0 Å². The van der Waals surface area contributed by atoms with E-state index in [2.05, 4.69) is 0 Å². The van der Waals surface area contributed by atoms with E-state index in [1.165, 1.54) is 17.2 Å². The molecule has 10 heteroatoms. The normalized spacial score (nSPS) is 14.5. The molecule has 30 heavy (non-hydrogen) atoms. The zero-order chi connectivity index (χ0) is 22.0. The number of amides is 1. The minimum absolute atomic E-state index is 0.00868. The minimum Gasteiger partial charge on any atom is -0.478 e. The zero-order valence-corrected chi connectivity index (χ0v) is 16.2. The van der Waals surface area contributed by atoms with Gasteiger partial charge in [0.05, 0.1) is 11.2 Å². The number of carbonyl (C=O) groups is 3. The number of hydrogen-bond donors (Lipinski definition) is 2. The number of aliphatic carboxylic acids is 1. The summed E-state index contributed by atoms with van der Waals surface area (Å²) >= 11 is 0. The quantitative estimate of drug-likeness (QED) is 0.700. The van der Waals surface area contributed by atoms with Crippen LogP contribution in [0.1, 0.15) is 17.3 Å². The molecule has 0 spiro atoms. The first-order valence-electron chi connectivity index (χ1n) is 9.27. The van der Waals surface area contributed by atoms with Crippen molar-refractivity contribution in [1.29, 1.82) is 0 Å². The molecule has 3 rings (SSSR count). The second-order valence-corrected chi connectivity index (χ2v) is 6.77. The number of carboxylic acid groups (broad SMARTS) is 2. The van der Waals surface area contributed by atoms with Crippen LogP contribution in [0.4, 0.5) is 10.1 Å². The van der Waals surface area contributed by atoms with E-state index in [0.29, 0.717) is 25.2 Å². The third kappa shape index (κ3) is 4.02. The van der Waals surface area contributed by atoms with Crippen LogP contribution in [0.25, 0.3) is 10.9 Å². The van der Waals surface area contributed by atoms with Crippen molar-refractivity contribution in [2.45, 2.75) is 13.5 Å². The number of fused-ring (bicyclic) bond motifs is 1. The molecule has 0 radical (unpaired) electrons. The van der Waals surface area contributed by atoms with E-state index in [0.717, 1.165) is 18.2 Å². The maximum absolute atomic E-state index is 14.8. The summed E-state index contributed by atoms with van der Waals surface area (Å²) in [6.45, 7) is 3.36. The van der Waals surface area contributed by atoms with Crippen LogP contribution >= 0.6 is 0 Å². The Morgan fingerprint density at radius 1 is 1.10 bits per heavy atom. The smallest absolute Gasteiger partial charge is 0.341 e. The molecule has 158 valence electrons. The molecule has 2 heterocycles. The maximum Gasteiger partial charge on any atom is 0.341 e. The first kappa shape index (κ1) is 21.0. The average molecular weight is 417 g/mol. The number of nitrogens with zero attached hydrogens (tertiary/aromatic N) is 3. The highest BCUT2D eigenvalue weighted by atomic mass is 19.1. The molecule has 1 aromatic carbocycles. The van der Waals surface area contributed by atoms with E-state index >= 15 is 0 Å².